The number of fused-ring (bicyclic) bond motifs is 1. The maximum atomic E-state index is 14.9. The zero-order chi connectivity index (χ0) is 28.8. The number of carbonyl (C=O) groups is 1. The number of anilines is 2. The van der Waals surface area contributed by atoms with Crippen LogP contribution >= 0.6 is 11.3 Å². The van der Waals surface area contributed by atoms with Crippen LogP contribution in [0.4, 0.5) is 29.3 Å². The van der Waals surface area contributed by atoms with Crippen molar-refractivity contribution in [2.75, 3.05) is 24.0 Å². The van der Waals surface area contributed by atoms with Gasteiger partial charge >= 0.3 is 6.03 Å². The summed E-state index contributed by atoms with van der Waals surface area (Å²) in [7, 11) is 0. The van der Waals surface area contributed by atoms with Gasteiger partial charge in [0.25, 0.3) is 0 Å². The molecule has 3 heterocycles. The van der Waals surface area contributed by atoms with Gasteiger partial charge in [-0.15, -0.1) is 11.3 Å². The molecule has 3 aromatic heterocycles. The first-order valence-electron chi connectivity index (χ1n) is 12.5. The predicted octanol–water partition coefficient (Wildman–Crippen LogP) is 7.30. The van der Waals surface area contributed by atoms with Gasteiger partial charge in [-0.3, -0.25) is 15.3 Å². The van der Waals surface area contributed by atoms with E-state index >= 15 is 0 Å². The van der Waals surface area contributed by atoms with Crippen LogP contribution in [0.3, 0.4) is 0 Å². The monoisotopic (exact) mass is 579 g/mol. The molecule has 0 saturated heterocycles. The van der Waals surface area contributed by atoms with Gasteiger partial charge in [-0.2, -0.15) is 0 Å². The summed E-state index contributed by atoms with van der Waals surface area (Å²) >= 11 is 1.42. The molecule has 0 aliphatic rings. The maximum Gasteiger partial charge on any atom is 0.323 e. The first-order valence-corrected chi connectivity index (χ1v) is 13.3. The molecule has 0 unspecified atom stereocenters. The zero-order valence-electron chi connectivity index (χ0n) is 21.7. The summed E-state index contributed by atoms with van der Waals surface area (Å²) in [6, 6.07) is 13.1. The molecule has 3 N–H and O–H groups in total. The molecular formula is C29H24F3N5O3S. The second kappa shape index (κ2) is 12.8. The van der Waals surface area contributed by atoms with E-state index in [-0.39, 0.29) is 17.1 Å². The number of urea groups is 1. The van der Waals surface area contributed by atoms with Crippen LogP contribution in [0, 0.1) is 17.5 Å². The van der Waals surface area contributed by atoms with E-state index in [1.165, 1.54) is 23.5 Å². The molecule has 0 bridgehead atoms. The molecule has 0 radical (unpaired) electrons. The molecule has 0 aliphatic carbocycles. The molecule has 0 aliphatic heterocycles. The van der Waals surface area contributed by atoms with Gasteiger partial charge in [-0.05, 0) is 48.9 Å². The van der Waals surface area contributed by atoms with Crippen LogP contribution in [-0.2, 0) is 11.3 Å². The number of aromatic nitrogens is 2. The molecule has 12 heteroatoms. The van der Waals surface area contributed by atoms with E-state index in [9.17, 15) is 18.0 Å². The Hall–Kier alpha value is -4.52. The minimum absolute atomic E-state index is 0.0726. The Morgan fingerprint density at radius 1 is 0.927 bits per heavy atom. The van der Waals surface area contributed by atoms with Gasteiger partial charge in [0.05, 0.1) is 33.2 Å². The Bertz CT molecular complexity index is 1680. The zero-order valence-corrected chi connectivity index (χ0v) is 22.5. The minimum atomic E-state index is -0.868. The summed E-state index contributed by atoms with van der Waals surface area (Å²) in [5, 5.41) is 7.75. The minimum Gasteiger partial charge on any atom is -0.453 e. The predicted molar refractivity (Wildman–Crippen MR) is 152 cm³/mol. The van der Waals surface area contributed by atoms with E-state index < -0.39 is 23.5 Å². The standard InChI is InChI=1S/C29H24F3N5O3S/c1-2-39-16-33-14-17-3-7-22(35-15-17)27-13-24-28(41-27)26(9-10-34-24)40-25-8-5-19(12-21(25)32)36-29(38)37-23-11-18(30)4-6-20(23)31/h3-13,15,33H,2,14,16H2,1H3,(H2,36,37,38). The first-order chi connectivity index (χ1) is 19.9. The van der Waals surface area contributed by atoms with Crippen LogP contribution in [-0.4, -0.2) is 29.3 Å². The Labute approximate surface area is 237 Å². The molecule has 210 valence electrons. The average Bonchev–Trinajstić information content (AvgIpc) is 3.40. The van der Waals surface area contributed by atoms with Crippen molar-refractivity contribution < 1.29 is 27.4 Å². The topological polar surface area (TPSA) is 97.4 Å². The van der Waals surface area contributed by atoms with Crippen molar-refractivity contribution >= 4 is 39.0 Å². The number of pyridine rings is 2. The molecule has 0 atom stereocenters. The number of thiophene rings is 1. The summed E-state index contributed by atoms with van der Waals surface area (Å²) in [6.07, 6.45) is 3.36. The normalized spacial score (nSPS) is 11.0. The van der Waals surface area contributed by atoms with Gasteiger partial charge in [0.15, 0.2) is 11.6 Å². The average molecular weight is 580 g/mol. The molecule has 0 spiro atoms. The smallest absolute Gasteiger partial charge is 0.323 e. The Morgan fingerprint density at radius 2 is 1.80 bits per heavy atom. The highest BCUT2D eigenvalue weighted by Crippen LogP contribution is 2.39. The number of nitrogens with zero attached hydrogens (tertiary/aromatic N) is 2. The van der Waals surface area contributed by atoms with Gasteiger partial charge < -0.3 is 20.1 Å². The highest BCUT2D eigenvalue weighted by molar-refractivity contribution is 7.22. The number of halogens is 3. The number of rotatable bonds is 10. The third-order valence-corrected chi connectivity index (χ3v) is 6.94. The summed E-state index contributed by atoms with van der Waals surface area (Å²) < 4.78 is 53.9. The molecule has 0 fully saturated rings. The number of hydrogen-bond donors (Lipinski definition) is 3. The van der Waals surface area contributed by atoms with Crippen molar-refractivity contribution in [3.05, 3.63) is 96.1 Å². The van der Waals surface area contributed by atoms with Gasteiger partial charge in [0.2, 0.25) is 0 Å². The van der Waals surface area contributed by atoms with Gasteiger partial charge in [0, 0.05) is 49.4 Å². The van der Waals surface area contributed by atoms with E-state index in [2.05, 4.69) is 25.9 Å². The fraction of sp³-hybridized carbons (Fsp3) is 0.138. The Kier molecular flexibility index (Phi) is 8.73. The first kappa shape index (κ1) is 28.0. The lowest BCUT2D eigenvalue weighted by Gasteiger charge is -2.11. The lowest BCUT2D eigenvalue weighted by Crippen LogP contribution is -2.20. The van der Waals surface area contributed by atoms with Crippen molar-refractivity contribution in [3.8, 4) is 22.1 Å². The number of benzene rings is 2. The van der Waals surface area contributed by atoms with Crippen molar-refractivity contribution in [2.24, 2.45) is 0 Å². The van der Waals surface area contributed by atoms with Crippen LogP contribution in [0.1, 0.15) is 12.5 Å². The fourth-order valence-corrected chi connectivity index (χ4v) is 4.87. The van der Waals surface area contributed by atoms with Crippen molar-refractivity contribution in [2.45, 2.75) is 13.5 Å². The molecule has 5 aromatic rings. The van der Waals surface area contributed by atoms with E-state index in [4.69, 9.17) is 9.47 Å². The molecular weight excluding hydrogens is 555 g/mol. The number of nitrogens with one attached hydrogen (secondary N) is 3. The quantitative estimate of drug-likeness (QED) is 0.119. The van der Waals surface area contributed by atoms with Crippen LogP contribution in [0.5, 0.6) is 11.5 Å². The number of ether oxygens (including phenoxy) is 2. The van der Waals surface area contributed by atoms with Crippen molar-refractivity contribution in [1.29, 1.82) is 0 Å². The van der Waals surface area contributed by atoms with Crippen LogP contribution < -0.4 is 20.7 Å². The highest BCUT2D eigenvalue weighted by atomic mass is 32.1. The second-order valence-corrected chi connectivity index (χ2v) is 9.75. The van der Waals surface area contributed by atoms with E-state index in [0.29, 0.717) is 35.8 Å². The van der Waals surface area contributed by atoms with Crippen LogP contribution in [0.15, 0.2) is 73.1 Å². The van der Waals surface area contributed by atoms with Crippen molar-refractivity contribution in [1.82, 2.24) is 15.3 Å². The Balaban J connectivity index is 1.27. The highest BCUT2D eigenvalue weighted by Gasteiger charge is 2.15. The molecule has 5 rings (SSSR count). The van der Waals surface area contributed by atoms with Crippen LogP contribution in [0.2, 0.25) is 0 Å². The Morgan fingerprint density at radius 3 is 2.59 bits per heavy atom. The second-order valence-electron chi connectivity index (χ2n) is 8.70. The summed E-state index contributed by atoms with van der Waals surface area (Å²) in [6.45, 7) is 3.68. The molecule has 0 saturated carbocycles. The van der Waals surface area contributed by atoms with Gasteiger partial charge in [-0.1, -0.05) is 6.07 Å². The molecule has 2 aromatic carbocycles. The summed E-state index contributed by atoms with van der Waals surface area (Å²) in [5.41, 5.74) is 2.20. The van der Waals surface area contributed by atoms with Crippen LogP contribution in [0.25, 0.3) is 20.8 Å². The number of carbonyl (C=O) groups excluding carboxylic acids is 1. The fourth-order valence-electron chi connectivity index (χ4n) is 3.82. The van der Waals surface area contributed by atoms with E-state index in [1.54, 1.807) is 18.5 Å². The summed E-state index contributed by atoms with van der Waals surface area (Å²) in [4.78, 5) is 22.0. The number of hydrogen-bond acceptors (Lipinski definition) is 7. The largest absolute Gasteiger partial charge is 0.453 e. The van der Waals surface area contributed by atoms with E-state index in [0.717, 1.165) is 40.4 Å². The third-order valence-electron chi connectivity index (χ3n) is 5.78. The van der Waals surface area contributed by atoms with Crippen molar-refractivity contribution in [3.63, 3.8) is 0 Å². The van der Waals surface area contributed by atoms with Gasteiger partial charge in [-0.25, -0.2) is 18.0 Å². The number of amides is 2. The lowest BCUT2D eigenvalue weighted by molar-refractivity contribution is 0.128. The molecule has 8 nitrogen and oxygen atoms in total. The SMILES string of the molecule is CCOCNCc1ccc(-c2cc3nccc(Oc4ccc(NC(=O)Nc5cc(F)ccc5F)cc4F)c3s2)nc1. The lowest BCUT2D eigenvalue weighted by atomic mass is 10.2. The van der Waals surface area contributed by atoms with Gasteiger partial charge in [0.1, 0.15) is 17.4 Å². The molecule has 2 amide bonds. The maximum absolute atomic E-state index is 14.9. The summed E-state index contributed by atoms with van der Waals surface area (Å²) in [5.74, 6) is -1.93. The molecule has 41 heavy (non-hydrogen) atoms. The third kappa shape index (κ3) is 6.98. The van der Waals surface area contributed by atoms with E-state index in [1.807, 2.05) is 25.1 Å².